The molecule has 2 N–H and O–H groups in total. The number of hydrogen-bond donors (Lipinski definition) is 2. The number of halogens is 3. The van der Waals surface area contributed by atoms with E-state index in [-0.39, 0.29) is 23.5 Å². The van der Waals surface area contributed by atoms with E-state index in [1.165, 1.54) is 4.57 Å². The van der Waals surface area contributed by atoms with E-state index in [2.05, 4.69) is 32.3 Å². The van der Waals surface area contributed by atoms with Crippen molar-refractivity contribution in [2.24, 2.45) is 18.9 Å². The van der Waals surface area contributed by atoms with Gasteiger partial charge in [0.25, 0.3) is 5.56 Å². The summed E-state index contributed by atoms with van der Waals surface area (Å²) >= 11 is 6.54. The molecule has 0 spiro atoms. The molecular formula is C30H38ClF2N7O3. The fourth-order valence-corrected chi connectivity index (χ4v) is 6.14. The Labute approximate surface area is 254 Å². The first-order chi connectivity index (χ1) is 20.5. The summed E-state index contributed by atoms with van der Waals surface area (Å²) < 4.78 is 43.1. The molecule has 3 atom stereocenters. The molecule has 3 aromatic rings. The van der Waals surface area contributed by atoms with Crippen molar-refractivity contribution in [3.05, 3.63) is 39.8 Å². The molecule has 6 rings (SSSR count). The highest BCUT2D eigenvalue weighted by Gasteiger charge is 2.51. The van der Waals surface area contributed by atoms with Gasteiger partial charge in [0, 0.05) is 37.8 Å². The van der Waals surface area contributed by atoms with Gasteiger partial charge in [0.05, 0.1) is 36.2 Å². The molecule has 1 saturated heterocycles. The highest BCUT2D eigenvalue weighted by molar-refractivity contribution is 6.33. The largest absolute Gasteiger partial charge is 0.480 e. The van der Waals surface area contributed by atoms with Gasteiger partial charge in [-0.25, -0.2) is 13.8 Å². The maximum absolute atomic E-state index is 15.0. The van der Waals surface area contributed by atoms with Gasteiger partial charge >= 0.3 is 5.92 Å². The number of fused-ring (bicyclic) bond motifs is 3. The van der Waals surface area contributed by atoms with E-state index in [1.807, 2.05) is 14.1 Å². The van der Waals surface area contributed by atoms with Crippen LogP contribution in [0.5, 0.6) is 5.75 Å². The third kappa shape index (κ3) is 6.23. The molecule has 1 unspecified atom stereocenters. The van der Waals surface area contributed by atoms with E-state index in [0.717, 1.165) is 19.5 Å². The van der Waals surface area contributed by atoms with E-state index in [4.69, 9.17) is 26.1 Å². The van der Waals surface area contributed by atoms with Crippen LogP contribution in [0.2, 0.25) is 5.02 Å². The van der Waals surface area contributed by atoms with Gasteiger partial charge in [0.1, 0.15) is 5.02 Å². The fourth-order valence-electron chi connectivity index (χ4n) is 6.00. The zero-order chi connectivity index (χ0) is 30.5. The summed E-state index contributed by atoms with van der Waals surface area (Å²) in [4.78, 5) is 26.6. The average Bonchev–Trinajstić information content (AvgIpc) is 3.80. The Kier molecular flexibility index (Phi) is 8.12. The maximum Gasteiger partial charge on any atom is 0.301 e. The molecule has 2 aromatic heterocycles. The fraction of sp³-hybridized carbons (Fsp3) is 0.567. The van der Waals surface area contributed by atoms with Crippen molar-refractivity contribution in [3.63, 3.8) is 0 Å². The summed E-state index contributed by atoms with van der Waals surface area (Å²) in [5.74, 6) is -2.02. The lowest BCUT2D eigenvalue weighted by Gasteiger charge is -2.36. The summed E-state index contributed by atoms with van der Waals surface area (Å²) in [6, 6.07) is 4.26. The molecule has 1 aliphatic carbocycles. The number of benzene rings is 1. The zero-order valence-electron chi connectivity index (χ0n) is 24.9. The molecular weight excluding hydrogens is 580 g/mol. The molecule has 3 aliphatic rings. The molecule has 10 nitrogen and oxygen atoms in total. The molecule has 232 valence electrons. The summed E-state index contributed by atoms with van der Waals surface area (Å²) in [7, 11) is 5.65. The van der Waals surface area contributed by atoms with Crippen LogP contribution < -0.4 is 25.8 Å². The number of hydrogen-bond acceptors (Lipinski definition) is 9. The van der Waals surface area contributed by atoms with Crippen LogP contribution in [-0.2, 0) is 11.8 Å². The number of piperidine rings is 1. The normalized spacial score (nSPS) is 23.4. The summed E-state index contributed by atoms with van der Waals surface area (Å²) in [5, 5.41) is 7.22. The Balaban J connectivity index is 1.29. The number of ether oxygens (including phenoxy) is 2. The van der Waals surface area contributed by atoms with Gasteiger partial charge in [-0.05, 0) is 63.4 Å². The van der Waals surface area contributed by atoms with E-state index in [1.54, 1.807) is 31.4 Å². The Morgan fingerprint density at radius 1 is 1.28 bits per heavy atom. The second-order valence-electron chi connectivity index (χ2n) is 12.3. The standard InChI is InChI=1S/C30H38ClF2N7O3/c1-17-11-20(42-10-9-38(2)3)15-40(14-17)29-34-13-22(31)27(37-29)35-19-7-8-23-21(12-19)24-25(28(41)39(23)4)43-16-30(32,33)26(36-24)18-5-6-18/h7-8,12-13,17-18,20,26,36H,5-6,9-11,14-16H2,1-4H3,(H,34,35,37)/t17-,20+,26?/m0/s1. The van der Waals surface area contributed by atoms with Gasteiger partial charge < -0.3 is 34.5 Å². The predicted octanol–water partition coefficient (Wildman–Crippen LogP) is 4.74. The van der Waals surface area contributed by atoms with Crippen LogP contribution >= 0.6 is 11.6 Å². The monoisotopic (exact) mass is 617 g/mol. The molecule has 0 amide bonds. The molecule has 1 aromatic carbocycles. The average molecular weight is 618 g/mol. The minimum Gasteiger partial charge on any atom is -0.480 e. The summed E-state index contributed by atoms with van der Waals surface area (Å²) in [5.41, 5.74) is 1.03. The number of likely N-dealkylation sites (N-methyl/N-ethyl adjacent to an activating group) is 1. The number of nitrogens with one attached hydrogen (secondary N) is 2. The van der Waals surface area contributed by atoms with Crippen LogP contribution in [0.25, 0.3) is 10.9 Å². The summed E-state index contributed by atoms with van der Waals surface area (Å²) in [6.45, 7) is 4.32. The highest BCUT2D eigenvalue weighted by atomic mass is 35.5. The van der Waals surface area contributed by atoms with Gasteiger partial charge in [-0.3, -0.25) is 4.79 Å². The minimum atomic E-state index is -3.11. The van der Waals surface area contributed by atoms with Crippen molar-refractivity contribution in [3.8, 4) is 5.75 Å². The minimum absolute atomic E-state index is 0.0725. The van der Waals surface area contributed by atoms with Crippen molar-refractivity contribution < 1.29 is 18.3 Å². The van der Waals surface area contributed by atoms with E-state index < -0.39 is 24.1 Å². The molecule has 0 radical (unpaired) electrons. The molecule has 2 fully saturated rings. The molecule has 43 heavy (non-hydrogen) atoms. The topological polar surface area (TPSA) is 96.8 Å². The first-order valence-electron chi connectivity index (χ1n) is 14.7. The maximum atomic E-state index is 15.0. The van der Waals surface area contributed by atoms with Crippen LogP contribution in [0.3, 0.4) is 0 Å². The SMILES string of the molecule is C[C@H]1C[C@@H](OCCN(C)C)CN(c2ncc(Cl)c(Nc3ccc4c(c3)c3c(c(=O)n4C)OCC(F)(F)C(C4CC4)N3)n2)C1. The van der Waals surface area contributed by atoms with Crippen LogP contribution in [0.4, 0.5) is 31.9 Å². The number of aryl methyl sites for hydroxylation is 1. The number of anilines is 4. The van der Waals surface area contributed by atoms with E-state index >= 15 is 8.78 Å². The van der Waals surface area contributed by atoms with Gasteiger partial charge in [0.15, 0.2) is 12.4 Å². The van der Waals surface area contributed by atoms with E-state index in [9.17, 15) is 4.79 Å². The first kappa shape index (κ1) is 29.8. The molecule has 1 saturated carbocycles. The molecule has 4 heterocycles. The second-order valence-corrected chi connectivity index (χ2v) is 12.8. The molecule has 2 aliphatic heterocycles. The molecule has 0 bridgehead atoms. The lowest BCUT2D eigenvalue weighted by Crippen LogP contribution is -2.45. The van der Waals surface area contributed by atoms with E-state index in [0.29, 0.717) is 65.3 Å². The Hall–Kier alpha value is -3.22. The number of alkyl halides is 2. The van der Waals surface area contributed by atoms with Crippen molar-refractivity contribution in [1.29, 1.82) is 0 Å². The Morgan fingerprint density at radius 2 is 2.07 bits per heavy atom. The van der Waals surface area contributed by atoms with Crippen LogP contribution in [0.1, 0.15) is 26.2 Å². The van der Waals surface area contributed by atoms with Crippen molar-refractivity contribution in [2.75, 3.05) is 62.5 Å². The number of rotatable bonds is 8. The van der Waals surface area contributed by atoms with Crippen LogP contribution in [0, 0.1) is 11.8 Å². The third-order valence-electron chi connectivity index (χ3n) is 8.40. The van der Waals surface area contributed by atoms with Crippen LogP contribution in [-0.4, -0.2) is 84.4 Å². The zero-order valence-corrected chi connectivity index (χ0v) is 25.6. The van der Waals surface area contributed by atoms with Gasteiger partial charge in [-0.2, -0.15) is 4.98 Å². The van der Waals surface area contributed by atoms with Crippen molar-refractivity contribution >= 4 is 45.6 Å². The third-order valence-corrected chi connectivity index (χ3v) is 8.68. The van der Waals surface area contributed by atoms with Gasteiger partial charge in [-0.1, -0.05) is 18.5 Å². The highest BCUT2D eigenvalue weighted by Crippen LogP contribution is 2.45. The van der Waals surface area contributed by atoms with Crippen LogP contribution in [0.15, 0.2) is 29.2 Å². The molecule has 13 heteroatoms. The lowest BCUT2D eigenvalue weighted by molar-refractivity contribution is -0.0579. The summed E-state index contributed by atoms with van der Waals surface area (Å²) in [6.07, 6.45) is 4.04. The Bertz CT molecular complexity index is 1560. The number of aromatic nitrogens is 3. The first-order valence-corrected chi connectivity index (χ1v) is 15.1. The lowest BCUT2D eigenvalue weighted by atomic mass is 9.98. The second kappa shape index (κ2) is 11.7. The van der Waals surface area contributed by atoms with Gasteiger partial charge in [0.2, 0.25) is 11.7 Å². The van der Waals surface area contributed by atoms with Crippen molar-refractivity contribution in [2.45, 2.75) is 44.3 Å². The Morgan fingerprint density at radius 3 is 2.81 bits per heavy atom. The number of nitrogens with zero attached hydrogens (tertiary/aromatic N) is 5. The van der Waals surface area contributed by atoms with Gasteiger partial charge in [-0.15, -0.1) is 0 Å². The van der Waals surface area contributed by atoms with Crippen molar-refractivity contribution in [1.82, 2.24) is 19.4 Å². The number of pyridine rings is 1. The predicted molar refractivity (Wildman–Crippen MR) is 164 cm³/mol. The quantitative estimate of drug-likeness (QED) is 0.372. The smallest absolute Gasteiger partial charge is 0.301 e.